The minimum atomic E-state index is -3.61. The largest absolute Gasteiger partial charge is 0.370 e. The van der Waals surface area contributed by atoms with Crippen LogP contribution in [0, 0.1) is 0 Å². The summed E-state index contributed by atoms with van der Waals surface area (Å²) in [4.78, 5) is 6.15. The zero-order valence-corrected chi connectivity index (χ0v) is 15.5. The maximum absolute atomic E-state index is 12.9. The first kappa shape index (κ1) is 16.9. The van der Waals surface area contributed by atoms with Crippen LogP contribution in [0.1, 0.15) is 12.8 Å². The van der Waals surface area contributed by atoms with Crippen molar-refractivity contribution in [2.24, 2.45) is 7.05 Å². The molecule has 0 saturated carbocycles. The second-order valence-electron chi connectivity index (χ2n) is 6.49. The molecule has 1 unspecified atom stereocenters. The van der Waals surface area contributed by atoms with Crippen LogP contribution in [0.15, 0.2) is 23.1 Å². The van der Waals surface area contributed by atoms with E-state index in [1.54, 1.807) is 17.1 Å². The highest BCUT2D eigenvalue weighted by molar-refractivity contribution is 7.89. The maximum atomic E-state index is 12.9. The van der Waals surface area contributed by atoms with Crippen molar-refractivity contribution in [3.05, 3.63) is 18.0 Å². The molecule has 2 aromatic heterocycles. The Morgan fingerprint density at radius 1 is 1.32 bits per heavy atom. The zero-order valence-electron chi connectivity index (χ0n) is 13.9. The van der Waals surface area contributed by atoms with Gasteiger partial charge in [-0.15, -0.1) is 10.2 Å². The molecule has 1 atom stereocenters. The molecule has 1 spiro atoms. The maximum Gasteiger partial charge on any atom is 0.262 e. The molecule has 2 aliphatic rings. The standard InChI is InChI=1S/C14H20N6O3S2/c1-18-7-12(15-10-18)25(21,22)20-5-6-23-14(9-20)3-2-4-19(8-14)13-17-16-11-24-13/h7,10-11H,2-6,8-9H2,1H3. The zero-order chi connectivity index (χ0) is 17.5. The quantitative estimate of drug-likeness (QED) is 0.753. The van der Waals surface area contributed by atoms with Crippen molar-refractivity contribution in [3.8, 4) is 0 Å². The molecule has 25 heavy (non-hydrogen) atoms. The number of sulfonamides is 1. The van der Waals surface area contributed by atoms with E-state index in [1.807, 2.05) is 0 Å². The number of nitrogens with zero attached hydrogens (tertiary/aromatic N) is 6. The summed E-state index contributed by atoms with van der Waals surface area (Å²) in [6.45, 7) is 2.57. The minimum absolute atomic E-state index is 0.0869. The molecule has 0 bridgehead atoms. The molecule has 0 amide bonds. The molecular weight excluding hydrogens is 364 g/mol. The van der Waals surface area contributed by atoms with Gasteiger partial charge in [-0.1, -0.05) is 11.3 Å². The lowest BCUT2D eigenvalue weighted by atomic mass is 9.92. The molecular formula is C14H20N6O3S2. The van der Waals surface area contributed by atoms with Gasteiger partial charge in [-0.3, -0.25) is 0 Å². The van der Waals surface area contributed by atoms with E-state index < -0.39 is 15.6 Å². The number of hydrogen-bond donors (Lipinski definition) is 0. The number of ether oxygens (including phenoxy) is 1. The lowest BCUT2D eigenvalue weighted by molar-refractivity contribution is -0.0950. The Hall–Kier alpha value is -1.56. The van der Waals surface area contributed by atoms with Gasteiger partial charge in [-0.25, -0.2) is 13.4 Å². The second kappa shape index (κ2) is 6.31. The van der Waals surface area contributed by atoms with Gasteiger partial charge >= 0.3 is 0 Å². The predicted octanol–water partition coefficient (Wildman–Crippen LogP) is 0.332. The average Bonchev–Trinajstić information content (AvgIpc) is 3.27. The van der Waals surface area contributed by atoms with Gasteiger partial charge in [0.05, 0.1) is 25.1 Å². The molecule has 136 valence electrons. The van der Waals surface area contributed by atoms with E-state index in [9.17, 15) is 8.42 Å². The Labute approximate surface area is 150 Å². The number of aryl methyl sites for hydroxylation is 1. The van der Waals surface area contributed by atoms with Crippen molar-refractivity contribution in [1.82, 2.24) is 24.1 Å². The van der Waals surface area contributed by atoms with Gasteiger partial charge in [0.2, 0.25) is 5.13 Å². The van der Waals surface area contributed by atoms with Gasteiger partial charge < -0.3 is 14.2 Å². The summed E-state index contributed by atoms with van der Waals surface area (Å²) in [5, 5.41) is 8.97. The highest BCUT2D eigenvalue weighted by atomic mass is 32.2. The first-order chi connectivity index (χ1) is 12.0. The third-order valence-electron chi connectivity index (χ3n) is 4.66. The van der Waals surface area contributed by atoms with Gasteiger partial charge in [0.1, 0.15) is 5.51 Å². The average molecular weight is 384 g/mol. The Morgan fingerprint density at radius 2 is 2.20 bits per heavy atom. The van der Waals surface area contributed by atoms with E-state index >= 15 is 0 Å². The molecule has 0 N–H and O–H groups in total. The summed E-state index contributed by atoms with van der Waals surface area (Å²) in [6.07, 6.45) is 4.79. The molecule has 0 radical (unpaired) electrons. The topological polar surface area (TPSA) is 93.5 Å². The third kappa shape index (κ3) is 3.16. The summed E-state index contributed by atoms with van der Waals surface area (Å²) in [6, 6.07) is 0. The minimum Gasteiger partial charge on any atom is -0.370 e. The van der Waals surface area contributed by atoms with Crippen LogP contribution in [0.2, 0.25) is 0 Å². The van der Waals surface area contributed by atoms with Crippen LogP contribution in [0.3, 0.4) is 0 Å². The van der Waals surface area contributed by atoms with E-state index in [0.717, 1.165) is 24.5 Å². The molecule has 4 rings (SSSR count). The van der Waals surface area contributed by atoms with E-state index in [-0.39, 0.29) is 5.03 Å². The van der Waals surface area contributed by atoms with Gasteiger partial charge in [-0.05, 0) is 12.8 Å². The molecule has 4 heterocycles. The summed E-state index contributed by atoms with van der Waals surface area (Å²) in [5.74, 6) is 0. The number of piperidine rings is 1. The van der Waals surface area contributed by atoms with Crippen molar-refractivity contribution >= 4 is 26.5 Å². The Bertz CT molecular complexity index is 833. The Morgan fingerprint density at radius 3 is 2.92 bits per heavy atom. The van der Waals surface area contributed by atoms with Crippen molar-refractivity contribution < 1.29 is 13.2 Å². The fourth-order valence-corrected chi connectivity index (χ4v) is 5.53. The van der Waals surface area contributed by atoms with Crippen LogP contribution >= 0.6 is 11.3 Å². The van der Waals surface area contributed by atoms with Crippen LogP contribution in [0.4, 0.5) is 5.13 Å². The van der Waals surface area contributed by atoms with E-state index in [0.29, 0.717) is 26.2 Å². The Balaban J connectivity index is 1.56. The van der Waals surface area contributed by atoms with Gasteiger partial charge in [0.15, 0.2) is 5.03 Å². The summed E-state index contributed by atoms with van der Waals surface area (Å²) in [7, 11) is -1.85. The number of anilines is 1. The lowest BCUT2D eigenvalue weighted by Crippen LogP contribution is -2.60. The second-order valence-corrected chi connectivity index (χ2v) is 9.19. The van der Waals surface area contributed by atoms with Gasteiger partial charge in [0.25, 0.3) is 10.0 Å². The first-order valence-corrected chi connectivity index (χ1v) is 10.4. The van der Waals surface area contributed by atoms with E-state index in [2.05, 4.69) is 20.1 Å². The molecule has 2 saturated heterocycles. The van der Waals surface area contributed by atoms with Crippen LogP contribution in [-0.4, -0.2) is 70.9 Å². The summed E-state index contributed by atoms with van der Waals surface area (Å²) < 4.78 is 35.0. The number of imidazole rings is 1. The Kier molecular flexibility index (Phi) is 4.26. The van der Waals surface area contributed by atoms with Crippen molar-refractivity contribution in [2.45, 2.75) is 23.5 Å². The van der Waals surface area contributed by atoms with Crippen LogP contribution in [0.25, 0.3) is 0 Å². The number of hydrogen-bond acceptors (Lipinski definition) is 8. The summed E-state index contributed by atoms with van der Waals surface area (Å²) >= 11 is 1.49. The highest BCUT2D eigenvalue weighted by Crippen LogP contribution is 2.33. The number of aromatic nitrogens is 4. The molecule has 2 aromatic rings. The number of rotatable bonds is 3. The van der Waals surface area contributed by atoms with Gasteiger partial charge in [0, 0.05) is 32.9 Å². The lowest BCUT2D eigenvalue weighted by Gasteiger charge is -2.47. The molecule has 9 nitrogen and oxygen atoms in total. The fourth-order valence-electron chi connectivity index (χ4n) is 3.48. The molecule has 11 heteroatoms. The van der Waals surface area contributed by atoms with Crippen molar-refractivity contribution in [1.29, 1.82) is 0 Å². The molecule has 2 aliphatic heterocycles. The number of morpholine rings is 1. The SMILES string of the molecule is Cn1cnc(S(=O)(=O)N2CCOC3(CCCN(c4nncs4)C3)C2)c1. The smallest absolute Gasteiger partial charge is 0.262 e. The molecule has 0 aliphatic carbocycles. The van der Waals surface area contributed by atoms with Crippen LogP contribution in [-0.2, 0) is 21.8 Å². The van der Waals surface area contributed by atoms with E-state index in [4.69, 9.17) is 4.74 Å². The van der Waals surface area contributed by atoms with Gasteiger partial charge in [-0.2, -0.15) is 4.31 Å². The van der Waals surface area contributed by atoms with Crippen molar-refractivity contribution in [2.75, 3.05) is 37.7 Å². The van der Waals surface area contributed by atoms with Crippen LogP contribution < -0.4 is 4.90 Å². The summed E-state index contributed by atoms with van der Waals surface area (Å²) in [5.41, 5.74) is 1.19. The fraction of sp³-hybridized carbons (Fsp3) is 0.643. The molecule has 2 fully saturated rings. The molecule has 0 aromatic carbocycles. The van der Waals surface area contributed by atoms with Crippen molar-refractivity contribution in [3.63, 3.8) is 0 Å². The monoisotopic (exact) mass is 384 g/mol. The normalized spacial score (nSPS) is 25.6. The predicted molar refractivity (Wildman–Crippen MR) is 92.0 cm³/mol. The highest BCUT2D eigenvalue weighted by Gasteiger charge is 2.44. The van der Waals surface area contributed by atoms with E-state index in [1.165, 1.54) is 28.2 Å². The third-order valence-corrected chi connectivity index (χ3v) is 7.14. The first-order valence-electron chi connectivity index (χ1n) is 8.12. The van der Waals surface area contributed by atoms with Crippen LogP contribution in [0.5, 0.6) is 0 Å².